The van der Waals surface area contributed by atoms with Crippen LogP contribution in [0.2, 0.25) is 10.0 Å². The lowest BCUT2D eigenvalue weighted by Crippen LogP contribution is -2.29. The number of nitrogens with one attached hydrogen (secondary N) is 1. The van der Waals surface area contributed by atoms with Crippen molar-refractivity contribution in [3.05, 3.63) is 63.5 Å². The maximum absolute atomic E-state index is 13.6. The van der Waals surface area contributed by atoms with Gasteiger partial charge in [-0.15, -0.1) is 0 Å². The summed E-state index contributed by atoms with van der Waals surface area (Å²) in [7, 11) is 0. The topological polar surface area (TPSA) is 86.6 Å². The van der Waals surface area contributed by atoms with Gasteiger partial charge in [0.25, 0.3) is 0 Å². The van der Waals surface area contributed by atoms with Crippen LogP contribution in [0.1, 0.15) is 48.5 Å². The summed E-state index contributed by atoms with van der Waals surface area (Å²) in [5, 5.41) is 3.51. The molecule has 0 amide bonds. The van der Waals surface area contributed by atoms with Crippen molar-refractivity contribution in [3.63, 3.8) is 0 Å². The van der Waals surface area contributed by atoms with Gasteiger partial charge in [-0.25, -0.2) is 18.5 Å². The highest BCUT2D eigenvalue weighted by Gasteiger charge is 2.32. The van der Waals surface area contributed by atoms with Gasteiger partial charge in [0.1, 0.15) is 11.4 Å². The molecule has 0 radical (unpaired) electrons. The number of ether oxygens (including phenoxy) is 2. The molecule has 1 heterocycles. The number of rotatable bonds is 6. The Kier molecular flexibility index (Phi) is 7.53. The number of esters is 1. The van der Waals surface area contributed by atoms with E-state index in [0.29, 0.717) is 0 Å². The number of fused-ring (bicyclic) bond motifs is 1. The quantitative estimate of drug-likeness (QED) is 0.308. The number of halogens is 3. The van der Waals surface area contributed by atoms with Crippen LogP contribution in [0.15, 0.2) is 36.4 Å². The van der Waals surface area contributed by atoms with E-state index in [9.17, 15) is 18.8 Å². The summed E-state index contributed by atoms with van der Waals surface area (Å²) in [6.07, 6.45) is -0.858. The first-order valence-corrected chi connectivity index (χ1v) is 11.1. The molecule has 0 fully saturated rings. The number of ketones is 1. The molecule has 34 heavy (non-hydrogen) atoms. The van der Waals surface area contributed by atoms with Crippen molar-refractivity contribution in [2.45, 2.75) is 33.3 Å². The van der Waals surface area contributed by atoms with Crippen LogP contribution in [0.4, 0.5) is 14.9 Å². The van der Waals surface area contributed by atoms with Crippen molar-refractivity contribution >= 4 is 57.6 Å². The molecule has 0 aliphatic carbocycles. The Hall–Kier alpha value is -3.10. The molecule has 0 unspecified atom stereocenters. The second kappa shape index (κ2) is 10.0. The predicted molar refractivity (Wildman–Crippen MR) is 129 cm³/mol. The summed E-state index contributed by atoms with van der Waals surface area (Å²) in [5.74, 6) is -1.84. The number of anilines is 1. The van der Waals surface area contributed by atoms with Crippen LogP contribution in [0.3, 0.4) is 0 Å². The highest BCUT2D eigenvalue weighted by molar-refractivity contribution is 6.40. The van der Waals surface area contributed by atoms with Crippen LogP contribution < -0.4 is 5.32 Å². The summed E-state index contributed by atoms with van der Waals surface area (Å²) < 4.78 is 25.2. The summed E-state index contributed by atoms with van der Waals surface area (Å²) in [6.45, 7) is 6.36. The Morgan fingerprint density at radius 1 is 1.12 bits per heavy atom. The summed E-state index contributed by atoms with van der Waals surface area (Å²) in [4.78, 5) is 38.8. The van der Waals surface area contributed by atoms with Crippen LogP contribution >= 0.6 is 23.2 Å². The minimum atomic E-state index is -0.872. The van der Waals surface area contributed by atoms with Gasteiger partial charge in [0.15, 0.2) is 11.5 Å². The van der Waals surface area contributed by atoms with Crippen molar-refractivity contribution in [3.8, 4) is 0 Å². The zero-order valence-electron chi connectivity index (χ0n) is 19.0. The normalized spacial score (nSPS) is 11.4. The molecule has 0 saturated heterocycles. The number of carbonyl (C=O) groups excluding carboxylic acids is 3. The molecule has 2 aromatic carbocycles. The lowest BCUT2D eigenvalue weighted by atomic mass is 10.1. The van der Waals surface area contributed by atoms with Crippen LogP contribution in [0.5, 0.6) is 0 Å². The standard InChI is InChI=1S/C24H23Cl2FN2O5/c1-5-33-22(31)21-20(28-12-18(30)13-7-6-8-15(27)9-13)19-16(26)10-14(25)11-17(19)29(21)23(32)34-24(2,3)4/h6-11,28H,5,12H2,1-4H3. The van der Waals surface area contributed by atoms with Gasteiger partial charge < -0.3 is 14.8 Å². The van der Waals surface area contributed by atoms with Gasteiger partial charge in [0, 0.05) is 16.0 Å². The van der Waals surface area contributed by atoms with E-state index in [2.05, 4.69) is 5.32 Å². The monoisotopic (exact) mass is 508 g/mol. The molecule has 10 heteroatoms. The van der Waals surface area contributed by atoms with E-state index in [1.807, 2.05) is 0 Å². The summed E-state index contributed by atoms with van der Waals surface area (Å²) in [6, 6.07) is 8.11. The van der Waals surface area contributed by atoms with Gasteiger partial charge in [-0.3, -0.25) is 4.79 Å². The van der Waals surface area contributed by atoms with Gasteiger partial charge in [0.05, 0.1) is 29.4 Å². The van der Waals surface area contributed by atoms with Crippen LogP contribution in [0, 0.1) is 5.82 Å². The maximum Gasteiger partial charge on any atom is 0.419 e. The fourth-order valence-electron chi connectivity index (χ4n) is 3.33. The Morgan fingerprint density at radius 2 is 1.82 bits per heavy atom. The minimum absolute atomic E-state index is 0.0326. The molecule has 1 N–H and O–H groups in total. The Bertz CT molecular complexity index is 1280. The molecule has 3 aromatic rings. The average molecular weight is 509 g/mol. The predicted octanol–water partition coefficient (Wildman–Crippen LogP) is 6.34. The molecule has 0 aliphatic heterocycles. The van der Waals surface area contributed by atoms with E-state index < -0.39 is 29.3 Å². The van der Waals surface area contributed by atoms with Crippen LogP contribution in [-0.2, 0) is 9.47 Å². The third kappa shape index (κ3) is 5.51. The first-order chi connectivity index (χ1) is 15.9. The third-order valence-corrected chi connectivity index (χ3v) is 5.12. The van der Waals surface area contributed by atoms with Crippen molar-refractivity contribution in [2.24, 2.45) is 0 Å². The fourth-order valence-corrected chi connectivity index (χ4v) is 3.91. The molecule has 1 aromatic heterocycles. The molecule has 7 nitrogen and oxygen atoms in total. The van der Waals surface area contributed by atoms with E-state index in [4.69, 9.17) is 32.7 Å². The molecule has 0 aliphatic rings. The summed E-state index contributed by atoms with van der Waals surface area (Å²) in [5.41, 5.74) is -0.665. The number of nitrogens with zero attached hydrogens (tertiary/aromatic N) is 1. The molecule has 3 rings (SSSR count). The molecule has 0 bridgehead atoms. The third-order valence-electron chi connectivity index (χ3n) is 4.60. The number of hydrogen-bond donors (Lipinski definition) is 1. The zero-order chi connectivity index (χ0) is 25.2. The highest BCUT2D eigenvalue weighted by atomic mass is 35.5. The zero-order valence-corrected chi connectivity index (χ0v) is 20.5. The molecule has 0 atom stereocenters. The van der Waals surface area contributed by atoms with Gasteiger partial charge in [0.2, 0.25) is 0 Å². The van der Waals surface area contributed by atoms with E-state index in [0.717, 1.165) is 10.6 Å². The van der Waals surface area contributed by atoms with Crippen molar-refractivity contribution < 1.29 is 28.2 Å². The Labute approximate surface area is 205 Å². The molecule has 180 valence electrons. The first-order valence-electron chi connectivity index (χ1n) is 10.4. The SMILES string of the molecule is CCOC(=O)c1c(NCC(=O)c2cccc(F)c2)c2c(Cl)cc(Cl)cc2n1C(=O)OC(C)(C)C. The number of Topliss-reactive ketones (excluding diaryl/α,β-unsaturated/α-hetero) is 1. The van der Waals surface area contributed by atoms with E-state index >= 15 is 0 Å². The Balaban J connectivity index is 2.18. The van der Waals surface area contributed by atoms with E-state index in [1.165, 1.54) is 30.3 Å². The van der Waals surface area contributed by atoms with Crippen LogP contribution in [0.25, 0.3) is 10.9 Å². The van der Waals surface area contributed by atoms with E-state index in [1.54, 1.807) is 27.7 Å². The van der Waals surface area contributed by atoms with Crippen molar-refractivity contribution in [1.29, 1.82) is 0 Å². The smallest absolute Gasteiger partial charge is 0.419 e. The van der Waals surface area contributed by atoms with Crippen LogP contribution in [-0.4, -0.2) is 41.2 Å². The van der Waals surface area contributed by atoms with Gasteiger partial charge in [-0.05, 0) is 52.0 Å². The van der Waals surface area contributed by atoms with Crippen molar-refractivity contribution in [2.75, 3.05) is 18.5 Å². The largest absolute Gasteiger partial charge is 0.461 e. The molecular weight excluding hydrogens is 486 g/mol. The number of aromatic nitrogens is 1. The second-order valence-electron chi connectivity index (χ2n) is 8.33. The minimum Gasteiger partial charge on any atom is -0.461 e. The molecular formula is C24H23Cl2FN2O5. The first kappa shape index (κ1) is 25.5. The Morgan fingerprint density at radius 3 is 2.44 bits per heavy atom. The summed E-state index contributed by atoms with van der Waals surface area (Å²) >= 11 is 12.6. The lowest BCUT2D eigenvalue weighted by Gasteiger charge is -2.20. The molecule has 0 spiro atoms. The van der Waals surface area contributed by atoms with E-state index in [-0.39, 0.29) is 51.0 Å². The second-order valence-corrected chi connectivity index (χ2v) is 9.17. The lowest BCUT2D eigenvalue weighted by molar-refractivity contribution is 0.0455. The number of hydrogen-bond acceptors (Lipinski definition) is 6. The molecule has 0 saturated carbocycles. The number of benzene rings is 2. The fraction of sp³-hybridized carbons (Fsp3) is 0.292. The van der Waals surface area contributed by atoms with Crippen molar-refractivity contribution in [1.82, 2.24) is 4.57 Å². The maximum atomic E-state index is 13.6. The highest BCUT2D eigenvalue weighted by Crippen LogP contribution is 2.39. The van der Waals surface area contributed by atoms with Gasteiger partial charge in [-0.2, -0.15) is 0 Å². The van der Waals surface area contributed by atoms with Gasteiger partial charge in [-0.1, -0.05) is 35.3 Å². The number of carbonyl (C=O) groups is 3. The van der Waals surface area contributed by atoms with Gasteiger partial charge >= 0.3 is 12.1 Å². The average Bonchev–Trinajstić information content (AvgIpc) is 3.05.